The highest BCUT2D eigenvalue weighted by atomic mass is 32.2. The number of hydrogen-bond acceptors (Lipinski definition) is 7. The molecule has 14 nitrogen and oxygen atoms in total. The minimum Gasteiger partial charge on any atom is -0.473 e. The summed E-state index contributed by atoms with van der Waals surface area (Å²) >= 11 is 0. The number of nitrogens with two attached hydrogens (primary N) is 1. The van der Waals surface area contributed by atoms with Crippen LogP contribution in [0, 0.1) is 0 Å². The van der Waals surface area contributed by atoms with E-state index in [1.165, 1.54) is 13.1 Å². The second-order valence-corrected chi connectivity index (χ2v) is 7.49. The number of alkyl halides is 3. The molecule has 0 atom stereocenters. The standard InChI is InChI=1S/C12H21F3N8O2S.C2H2O4/c1-17-11(22-26(2,24)25)18-5-3-6-23-7-4-9(21-23)20-10(16)19-8-12(13,14)15;3-1(4)2(5)6/h4,7H,3,5-6,8H2,1-2H3,(H2,17,18,22)(H3,16,19,20,21);(H,3,4)(H,5,6). The normalized spacial score (nSPS) is 12.4. The van der Waals surface area contributed by atoms with Crippen LogP contribution in [-0.4, -0.2) is 84.8 Å². The number of nitrogens with zero attached hydrogens (tertiary/aromatic N) is 4. The number of guanidine groups is 2. The Bertz CT molecular complexity index is 917. The number of carboxylic acids is 2. The number of aryl methyl sites for hydroxylation is 1. The molecule has 0 aromatic carbocycles. The van der Waals surface area contributed by atoms with Crippen LogP contribution in [0.1, 0.15) is 6.42 Å². The van der Waals surface area contributed by atoms with Gasteiger partial charge in [0.25, 0.3) is 0 Å². The van der Waals surface area contributed by atoms with Crippen LogP contribution in [0.5, 0.6) is 0 Å². The van der Waals surface area contributed by atoms with Crippen LogP contribution < -0.4 is 21.1 Å². The molecule has 1 aromatic heterocycles. The minimum atomic E-state index is -4.43. The molecule has 7 N–H and O–H groups in total. The fraction of sp³-hybridized carbons (Fsp3) is 0.500. The Morgan fingerprint density at radius 1 is 1.28 bits per heavy atom. The summed E-state index contributed by atoms with van der Waals surface area (Å²) in [6, 6.07) is 1.54. The largest absolute Gasteiger partial charge is 0.473 e. The van der Waals surface area contributed by atoms with Gasteiger partial charge in [-0.15, -0.1) is 0 Å². The lowest BCUT2D eigenvalue weighted by molar-refractivity contribution is -0.159. The van der Waals surface area contributed by atoms with Crippen molar-refractivity contribution in [1.29, 1.82) is 0 Å². The Labute approximate surface area is 180 Å². The number of aliphatic carboxylic acids is 2. The third-order valence-corrected chi connectivity index (χ3v) is 3.43. The summed E-state index contributed by atoms with van der Waals surface area (Å²) in [5, 5.41) is 24.2. The summed E-state index contributed by atoms with van der Waals surface area (Å²) in [5.74, 6) is -3.64. The first-order chi connectivity index (χ1) is 14.6. The van der Waals surface area contributed by atoms with Crippen molar-refractivity contribution in [3.05, 3.63) is 12.3 Å². The molecule has 0 saturated carbocycles. The van der Waals surface area contributed by atoms with E-state index in [0.29, 0.717) is 19.5 Å². The molecule has 32 heavy (non-hydrogen) atoms. The Morgan fingerprint density at radius 2 is 1.88 bits per heavy atom. The van der Waals surface area contributed by atoms with Crippen LogP contribution in [0.2, 0.25) is 0 Å². The molecule has 0 amide bonds. The Morgan fingerprint density at radius 3 is 2.34 bits per heavy atom. The van der Waals surface area contributed by atoms with Crippen molar-refractivity contribution in [2.24, 2.45) is 15.7 Å². The van der Waals surface area contributed by atoms with Crippen molar-refractivity contribution in [2.45, 2.75) is 19.1 Å². The van der Waals surface area contributed by atoms with E-state index in [9.17, 15) is 21.6 Å². The van der Waals surface area contributed by atoms with Gasteiger partial charge in [0.15, 0.2) is 11.8 Å². The first-order valence-corrected chi connectivity index (χ1v) is 10.3. The predicted molar refractivity (Wildman–Crippen MR) is 108 cm³/mol. The SMILES string of the molecule is CN=C(NCCCn1ccc(NC(N)=NCC(F)(F)F)n1)NS(C)(=O)=O.O=C(O)C(=O)O. The summed E-state index contributed by atoms with van der Waals surface area (Å²) in [5.41, 5.74) is 5.35. The minimum absolute atomic E-state index is 0.129. The monoisotopic (exact) mass is 488 g/mol. The smallest absolute Gasteiger partial charge is 0.414 e. The molecule has 0 bridgehead atoms. The molecule has 0 radical (unpaired) electrons. The highest BCUT2D eigenvalue weighted by molar-refractivity contribution is 7.89. The van der Waals surface area contributed by atoms with Crippen LogP contribution in [0.25, 0.3) is 0 Å². The Kier molecular flexibility index (Phi) is 11.5. The number of halogens is 3. The van der Waals surface area contributed by atoms with E-state index < -0.39 is 34.7 Å². The van der Waals surface area contributed by atoms with Gasteiger partial charge < -0.3 is 26.6 Å². The van der Waals surface area contributed by atoms with Crippen LogP contribution >= 0.6 is 0 Å². The van der Waals surface area contributed by atoms with Crippen molar-refractivity contribution in [1.82, 2.24) is 19.8 Å². The van der Waals surface area contributed by atoms with Gasteiger partial charge in [-0.25, -0.2) is 23.0 Å². The summed E-state index contributed by atoms with van der Waals surface area (Å²) in [6.07, 6.45) is -1.21. The van der Waals surface area contributed by atoms with Gasteiger partial charge in [0.05, 0.1) is 6.26 Å². The molecule has 0 spiro atoms. The number of aliphatic imine (C=N–C) groups is 2. The van der Waals surface area contributed by atoms with E-state index in [1.807, 2.05) is 0 Å². The second kappa shape index (κ2) is 13.0. The second-order valence-electron chi connectivity index (χ2n) is 5.74. The van der Waals surface area contributed by atoms with Crippen molar-refractivity contribution in [3.8, 4) is 0 Å². The van der Waals surface area contributed by atoms with Crippen LogP contribution in [-0.2, 0) is 26.2 Å². The molecule has 0 aliphatic rings. The van der Waals surface area contributed by atoms with E-state index in [1.54, 1.807) is 10.9 Å². The van der Waals surface area contributed by atoms with E-state index in [-0.39, 0.29) is 17.7 Å². The number of hydrogen-bond donors (Lipinski definition) is 6. The van der Waals surface area contributed by atoms with Crippen molar-refractivity contribution >= 4 is 39.7 Å². The highest BCUT2D eigenvalue weighted by Crippen LogP contribution is 2.14. The van der Waals surface area contributed by atoms with Gasteiger partial charge in [-0.3, -0.25) is 14.4 Å². The number of carbonyl (C=O) groups is 2. The average Bonchev–Trinajstić information content (AvgIpc) is 3.08. The van der Waals surface area contributed by atoms with Gasteiger partial charge in [0.2, 0.25) is 16.0 Å². The Balaban J connectivity index is 0.00000140. The molecule has 0 unspecified atom stereocenters. The molecule has 1 aromatic rings. The summed E-state index contributed by atoms with van der Waals surface area (Å²) in [7, 11) is -1.97. The first kappa shape index (κ1) is 28.4. The number of aromatic nitrogens is 2. The van der Waals surface area contributed by atoms with Crippen LogP contribution in [0.15, 0.2) is 22.2 Å². The van der Waals surface area contributed by atoms with Gasteiger partial charge in [-0.2, -0.15) is 18.3 Å². The molecule has 0 fully saturated rings. The first-order valence-electron chi connectivity index (χ1n) is 8.44. The van der Waals surface area contributed by atoms with Gasteiger partial charge in [0.1, 0.15) is 6.54 Å². The molecule has 18 heteroatoms. The van der Waals surface area contributed by atoms with E-state index >= 15 is 0 Å². The van der Waals surface area contributed by atoms with Gasteiger partial charge in [-0.05, 0) is 6.42 Å². The molecule has 182 valence electrons. The quantitative estimate of drug-likeness (QED) is 0.117. The van der Waals surface area contributed by atoms with Gasteiger partial charge in [0, 0.05) is 32.4 Å². The number of carboxylic acid groups (broad SMARTS) is 2. The predicted octanol–water partition coefficient (Wildman–Crippen LogP) is -1.16. The molecule has 0 saturated heterocycles. The number of rotatable bonds is 7. The summed E-state index contributed by atoms with van der Waals surface area (Å²) < 4.78 is 62.1. The zero-order valence-electron chi connectivity index (χ0n) is 16.9. The van der Waals surface area contributed by atoms with Gasteiger partial charge >= 0.3 is 18.1 Å². The van der Waals surface area contributed by atoms with E-state index in [0.717, 1.165) is 6.26 Å². The summed E-state index contributed by atoms with van der Waals surface area (Å²) in [6.45, 7) is -0.474. The lowest BCUT2D eigenvalue weighted by Gasteiger charge is -2.10. The number of sulfonamides is 1. The fourth-order valence-corrected chi connectivity index (χ4v) is 2.20. The van der Waals surface area contributed by atoms with E-state index in [4.69, 9.17) is 25.5 Å². The topological polar surface area (TPSA) is 213 Å². The lowest BCUT2D eigenvalue weighted by Crippen LogP contribution is -2.40. The summed E-state index contributed by atoms with van der Waals surface area (Å²) in [4.78, 5) is 25.1. The molecule has 1 rings (SSSR count). The third-order valence-electron chi connectivity index (χ3n) is 2.87. The molecular weight excluding hydrogens is 465 g/mol. The van der Waals surface area contributed by atoms with Crippen molar-refractivity contribution in [2.75, 3.05) is 31.7 Å². The molecular formula is C14H23F3N8O6S. The van der Waals surface area contributed by atoms with Gasteiger partial charge in [-0.1, -0.05) is 0 Å². The van der Waals surface area contributed by atoms with Crippen LogP contribution in [0.3, 0.4) is 0 Å². The molecule has 0 aliphatic heterocycles. The Hall–Kier alpha value is -3.57. The third kappa shape index (κ3) is 15.3. The molecule has 1 heterocycles. The maximum atomic E-state index is 12.0. The average molecular weight is 488 g/mol. The molecule has 0 aliphatic carbocycles. The zero-order chi connectivity index (χ0) is 24.9. The van der Waals surface area contributed by atoms with Crippen LogP contribution in [0.4, 0.5) is 19.0 Å². The highest BCUT2D eigenvalue weighted by Gasteiger charge is 2.26. The zero-order valence-corrected chi connectivity index (χ0v) is 17.7. The lowest BCUT2D eigenvalue weighted by atomic mass is 10.4. The number of nitrogens with one attached hydrogen (secondary N) is 3. The maximum Gasteiger partial charge on any atom is 0.414 e. The number of anilines is 1. The van der Waals surface area contributed by atoms with Crippen molar-refractivity contribution in [3.63, 3.8) is 0 Å². The fourth-order valence-electron chi connectivity index (χ4n) is 1.68. The van der Waals surface area contributed by atoms with Crippen molar-refractivity contribution < 1.29 is 41.4 Å². The maximum absolute atomic E-state index is 12.0. The van der Waals surface area contributed by atoms with E-state index in [2.05, 4.69) is 30.4 Å².